The number of aryl methyl sites for hydroxylation is 2. The van der Waals surface area contributed by atoms with E-state index in [4.69, 9.17) is 4.74 Å². The summed E-state index contributed by atoms with van der Waals surface area (Å²) in [6.07, 6.45) is 7.83. The van der Waals surface area contributed by atoms with Crippen molar-refractivity contribution >= 4 is 5.78 Å². The van der Waals surface area contributed by atoms with Gasteiger partial charge in [0.1, 0.15) is 0 Å². The first-order valence-corrected chi connectivity index (χ1v) is 8.21. The molecule has 2 aliphatic rings. The van der Waals surface area contributed by atoms with Gasteiger partial charge in [-0.2, -0.15) is 0 Å². The molecule has 3 heteroatoms. The van der Waals surface area contributed by atoms with Gasteiger partial charge in [-0.15, -0.1) is 0 Å². The van der Waals surface area contributed by atoms with E-state index >= 15 is 0 Å². The maximum absolute atomic E-state index is 12.8. The number of Topliss-reactive ketones (excluding diaryl/α,β-unsaturated/α-hetero) is 1. The lowest BCUT2D eigenvalue weighted by Gasteiger charge is -2.43. The molecule has 0 radical (unpaired) electrons. The monoisotopic (exact) mass is 287 g/mol. The van der Waals surface area contributed by atoms with Crippen molar-refractivity contribution in [2.75, 3.05) is 6.61 Å². The number of pyridine rings is 1. The van der Waals surface area contributed by atoms with E-state index in [-0.39, 0.29) is 17.3 Å². The van der Waals surface area contributed by atoms with Gasteiger partial charge in [-0.3, -0.25) is 9.78 Å². The Bertz CT molecular complexity index is 506. The third-order valence-corrected chi connectivity index (χ3v) is 4.99. The lowest BCUT2D eigenvalue weighted by Crippen LogP contribution is -2.43. The second kappa shape index (κ2) is 5.88. The Morgan fingerprint density at radius 3 is 2.52 bits per heavy atom. The molecular formula is C18H25NO2. The Labute approximate surface area is 127 Å². The van der Waals surface area contributed by atoms with Gasteiger partial charge in [0.15, 0.2) is 5.78 Å². The van der Waals surface area contributed by atoms with Crippen molar-refractivity contribution in [1.29, 1.82) is 0 Å². The zero-order valence-electron chi connectivity index (χ0n) is 13.2. The van der Waals surface area contributed by atoms with Crippen LogP contribution in [0.5, 0.6) is 0 Å². The minimum absolute atomic E-state index is 0.00601. The highest BCUT2D eigenvalue weighted by Crippen LogP contribution is 2.41. The van der Waals surface area contributed by atoms with Crippen LogP contribution in [0.15, 0.2) is 12.1 Å². The van der Waals surface area contributed by atoms with E-state index in [2.05, 4.69) is 4.98 Å². The zero-order chi connectivity index (χ0) is 14.9. The number of nitrogens with zero attached hydrogens (tertiary/aromatic N) is 1. The fraction of sp³-hybridized carbons (Fsp3) is 0.667. The van der Waals surface area contributed by atoms with Crippen LogP contribution in [0, 0.1) is 19.8 Å². The molecule has 114 valence electrons. The first-order valence-electron chi connectivity index (χ1n) is 8.21. The predicted molar refractivity (Wildman–Crippen MR) is 82.5 cm³/mol. The van der Waals surface area contributed by atoms with Crippen LogP contribution in [0.4, 0.5) is 0 Å². The maximum atomic E-state index is 12.8. The minimum Gasteiger partial charge on any atom is -0.375 e. The number of carbonyl (C=O) groups is 1. The Kier molecular flexibility index (Phi) is 4.12. The van der Waals surface area contributed by atoms with Crippen LogP contribution in [0.25, 0.3) is 0 Å². The molecule has 1 aromatic rings. The van der Waals surface area contributed by atoms with Crippen molar-refractivity contribution < 1.29 is 9.53 Å². The average Bonchev–Trinajstić information content (AvgIpc) is 2.46. The third-order valence-electron chi connectivity index (χ3n) is 4.99. The Balaban J connectivity index is 1.77. The second-order valence-corrected chi connectivity index (χ2v) is 6.78. The van der Waals surface area contributed by atoms with Crippen molar-refractivity contribution in [2.24, 2.45) is 5.92 Å². The standard InChI is InChI=1S/C18H25NO2/c1-13-10-16(11-14(2)19-13)17(20)15-6-9-21-18(12-15)7-4-3-5-8-18/h10-11,15H,3-9,12H2,1-2H3. The number of hydrogen-bond donors (Lipinski definition) is 0. The quantitative estimate of drug-likeness (QED) is 0.771. The van der Waals surface area contributed by atoms with Gasteiger partial charge in [0.05, 0.1) is 5.60 Å². The summed E-state index contributed by atoms with van der Waals surface area (Å²) in [5.41, 5.74) is 2.68. The van der Waals surface area contributed by atoms with E-state index in [1.807, 2.05) is 26.0 Å². The Morgan fingerprint density at radius 2 is 1.86 bits per heavy atom. The molecule has 0 aromatic carbocycles. The van der Waals surface area contributed by atoms with Crippen molar-refractivity contribution in [3.63, 3.8) is 0 Å². The molecule has 1 aliphatic heterocycles. The highest BCUT2D eigenvalue weighted by atomic mass is 16.5. The summed E-state index contributed by atoms with van der Waals surface area (Å²) in [4.78, 5) is 17.2. The molecule has 0 N–H and O–H groups in total. The molecule has 3 nitrogen and oxygen atoms in total. The molecule has 1 saturated carbocycles. The van der Waals surface area contributed by atoms with E-state index in [9.17, 15) is 4.79 Å². The molecule has 1 spiro atoms. The van der Waals surface area contributed by atoms with Crippen LogP contribution in [-0.4, -0.2) is 23.0 Å². The van der Waals surface area contributed by atoms with Crippen LogP contribution in [0.1, 0.15) is 66.7 Å². The molecule has 0 bridgehead atoms. The fourth-order valence-corrected chi connectivity index (χ4v) is 4.01. The average molecular weight is 287 g/mol. The van der Waals surface area contributed by atoms with Crippen LogP contribution in [0.3, 0.4) is 0 Å². The van der Waals surface area contributed by atoms with Gasteiger partial charge in [-0.05, 0) is 51.7 Å². The molecule has 1 atom stereocenters. The summed E-state index contributed by atoms with van der Waals surface area (Å²) in [5.74, 6) is 0.412. The van der Waals surface area contributed by atoms with E-state index in [0.717, 1.165) is 49.2 Å². The summed E-state index contributed by atoms with van der Waals surface area (Å²) >= 11 is 0. The van der Waals surface area contributed by atoms with Gasteiger partial charge in [0.2, 0.25) is 0 Å². The molecule has 21 heavy (non-hydrogen) atoms. The van der Waals surface area contributed by atoms with Crippen LogP contribution >= 0.6 is 0 Å². The maximum Gasteiger partial charge on any atom is 0.166 e. The van der Waals surface area contributed by atoms with E-state index in [0.29, 0.717) is 0 Å². The highest BCUT2D eigenvalue weighted by molar-refractivity contribution is 5.98. The Morgan fingerprint density at radius 1 is 1.19 bits per heavy atom. The van der Waals surface area contributed by atoms with Gasteiger partial charge < -0.3 is 4.74 Å². The van der Waals surface area contributed by atoms with Gasteiger partial charge in [0.25, 0.3) is 0 Å². The molecule has 2 fully saturated rings. The number of hydrogen-bond acceptors (Lipinski definition) is 3. The van der Waals surface area contributed by atoms with E-state index in [1.165, 1.54) is 19.3 Å². The third kappa shape index (κ3) is 3.18. The van der Waals surface area contributed by atoms with Gasteiger partial charge in [-0.25, -0.2) is 0 Å². The smallest absolute Gasteiger partial charge is 0.166 e. The molecule has 2 heterocycles. The van der Waals surface area contributed by atoms with Gasteiger partial charge in [0, 0.05) is 29.5 Å². The SMILES string of the molecule is Cc1cc(C(=O)C2CCOC3(CCCCC3)C2)cc(C)n1. The number of ketones is 1. The molecule has 1 aromatic heterocycles. The second-order valence-electron chi connectivity index (χ2n) is 6.78. The van der Waals surface area contributed by atoms with Crippen molar-refractivity contribution in [3.05, 3.63) is 29.1 Å². The molecule has 3 rings (SSSR count). The number of ether oxygens (including phenoxy) is 1. The lowest BCUT2D eigenvalue weighted by atomic mass is 9.74. The number of carbonyl (C=O) groups excluding carboxylic acids is 1. The fourth-order valence-electron chi connectivity index (χ4n) is 4.01. The normalized spacial score (nSPS) is 25.0. The molecular weight excluding hydrogens is 262 g/mol. The lowest BCUT2D eigenvalue weighted by molar-refractivity contribution is -0.111. The van der Waals surface area contributed by atoms with Crippen molar-refractivity contribution in [3.8, 4) is 0 Å². The summed E-state index contributed by atoms with van der Waals surface area (Å²) < 4.78 is 6.11. The van der Waals surface area contributed by atoms with Gasteiger partial charge in [-0.1, -0.05) is 19.3 Å². The first-order chi connectivity index (χ1) is 10.1. The van der Waals surface area contributed by atoms with Crippen molar-refractivity contribution in [1.82, 2.24) is 4.98 Å². The topological polar surface area (TPSA) is 39.2 Å². The highest BCUT2D eigenvalue weighted by Gasteiger charge is 2.40. The van der Waals surface area contributed by atoms with Crippen LogP contribution < -0.4 is 0 Å². The summed E-state index contributed by atoms with van der Waals surface area (Å²) in [6.45, 7) is 4.65. The summed E-state index contributed by atoms with van der Waals surface area (Å²) in [5, 5.41) is 0. The predicted octanol–water partition coefficient (Wildman–Crippen LogP) is 4.01. The molecule has 1 aliphatic carbocycles. The number of aromatic nitrogens is 1. The minimum atomic E-state index is -0.00601. The molecule has 1 unspecified atom stereocenters. The van der Waals surface area contributed by atoms with Crippen molar-refractivity contribution in [2.45, 2.75) is 64.4 Å². The van der Waals surface area contributed by atoms with Crippen LogP contribution in [0.2, 0.25) is 0 Å². The first kappa shape index (κ1) is 14.7. The molecule has 1 saturated heterocycles. The van der Waals surface area contributed by atoms with Crippen LogP contribution in [-0.2, 0) is 4.74 Å². The zero-order valence-corrected chi connectivity index (χ0v) is 13.2. The van der Waals surface area contributed by atoms with Gasteiger partial charge >= 0.3 is 0 Å². The summed E-state index contributed by atoms with van der Waals surface area (Å²) in [6, 6.07) is 3.86. The summed E-state index contributed by atoms with van der Waals surface area (Å²) in [7, 11) is 0. The largest absolute Gasteiger partial charge is 0.375 e. The molecule has 0 amide bonds. The Hall–Kier alpha value is -1.22. The number of rotatable bonds is 2. The van der Waals surface area contributed by atoms with E-state index < -0.39 is 0 Å². The van der Waals surface area contributed by atoms with E-state index in [1.54, 1.807) is 0 Å².